The number of nitrogens with one attached hydrogen (secondary N) is 1. The van der Waals surface area contributed by atoms with Gasteiger partial charge in [-0.1, -0.05) is 13.3 Å². The fourth-order valence-electron chi connectivity index (χ4n) is 2.96. The van der Waals surface area contributed by atoms with Gasteiger partial charge in [-0.3, -0.25) is 4.79 Å². The molecule has 3 aromatic rings. The van der Waals surface area contributed by atoms with Gasteiger partial charge >= 0.3 is 11.6 Å². The fourth-order valence-corrected chi connectivity index (χ4v) is 2.96. The zero-order chi connectivity index (χ0) is 22.4. The van der Waals surface area contributed by atoms with Crippen LogP contribution in [0, 0.1) is 6.92 Å². The number of aryl methyl sites for hydroxylation is 1. The van der Waals surface area contributed by atoms with Crippen LogP contribution in [0.1, 0.15) is 42.6 Å². The van der Waals surface area contributed by atoms with Crippen molar-refractivity contribution in [1.29, 1.82) is 0 Å². The maximum atomic E-state index is 12.5. The van der Waals surface area contributed by atoms with Crippen LogP contribution < -0.4 is 15.7 Å². The van der Waals surface area contributed by atoms with E-state index >= 15 is 0 Å². The number of carbonyl (C=O) groups is 2. The number of benzene rings is 2. The van der Waals surface area contributed by atoms with Gasteiger partial charge in [-0.15, -0.1) is 0 Å². The monoisotopic (exact) mass is 423 g/mol. The summed E-state index contributed by atoms with van der Waals surface area (Å²) in [6.45, 7) is 5.85. The third-order valence-corrected chi connectivity index (χ3v) is 4.72. The first-order valence-electron chi connectivity index (χ1n) is 10.2. The highest BCUT2D eigenvalue weighted by molar-refractivity contribution is 5.95. The van der Waals surface area contributed by atoms with Gasteiger partial charge in [-0.2, -0.15) is 0 Å². The highest BCUT2D eigenvalue weighted by Crippen LogP contribution is 2.23. The standard InChI is InChI=1S/C24H25NO6/c1-4-5-12-29-24(28)17-6-8-18(9-7-17)25-23(27)16(3)30-19-10-11-20-15(2)13-22(26)31-21(20)14-19/h6-11,13-14,16H,4-5,12H2,1-3H3,(H,25,27)/t16-/m0/s1. The normalized spacial score (nSPS) is 11.7. The van der Waals surface area contributed by atoms with Crippen molar-refractivity contribution in [2.24, 2.45) is 0 Å². The molecular weight excluding hydrogens is 398 g/mol. The largest absolute Gasteiger partial charge is 0.481 e. The first-order valence-corrected chi connectivity index (χ1v) is 10.2. The Morgan fingerprint density at radius 2 is 1.84 bits per heavy atom. The first kappa shape index (κ1) is 22.1. The van der Waals surface area contributed by atoms with E-state index in [2.05, 4.69) is 5.32 Å². The summed E-state index contributed by atoms with van der Waals surface area (Å²) in [4.78, 5) is 36.0. The SMILES string of the molecule is CCCCOC(=O)c1ccc(NC(=O)[C@H](C)Oc2ccc3c(C)cc(=O)oc3c2)cc1. The summed E-state index contributed by atoms with van der Waals surface area (Å²) in [5, 5.41) is 3.55. The van der Waals surface area contributed by atoms with Gasteiger partial charge in [0.1, 0.15) is 11.3 Å². The van der Waals surface area contributed by atoms with Crippen LogP contribution in [0.15, 0.2) is 57.7 Å². The molecule has 2 aromatic carbocycles. The molecule has 0 saturated carbocycles. The Balaban J connectivity index is 1.61. The highest BCUT2D eigenvalue weighted by atomic mass is 16.5. The Bertz CT molecular complexity index is 1130. The third-order valence-electron chi connectivity index (χ3n) is 4.72. The zero-order valence-electron chi connectivity index (χ0n) is 17.8. The molecule has 0 aliphatic carbocycles. The minimum absolute atomic E-state index is 0.357. The molecule has 3 rings (SSSR count). The summed E-state index contributed by atoms with van der Waals surface area (Å²) >= 11 is 0. The number of ether oxygens (including phenoxy) is 2. The van der Waals surface area contributed by atoms with Crippen molar-refractivity contribution in [3.05, 3.63) is 70.1 Å². The molecule has 0 fully saturated rings. The van der Waals surface area contributed by atoms with E-state index in [1.165, 1.54) is 6.07 Å². The zero-order valence-corrected chi connectivity index (χ0v) is 17.8. The second kappa shape index (κ2) is 9.93. The number of esters is 1. The van der Waals surface area contributed by atoms with Gasteiger partial charge < -0.3 is 19.2 Å². The van der Waals surface area contributed by atoms with Crippen molar-refractivity contribution in [2.75, 3.05) is 11.9 Å². The Labute approximate surface area is 180 Å². The molecule has 7 heteroatoms. The molecule has 0 saturated heterocycles. The number of amides is 1. The molecule has 0 aliphatic rings. The molecule has 1 heterocycles. The second-order valence-corrected chi connectivity index (χ2v) is 7.22. The number of rotatable bonds is 8. The predicted molar refractivity (Wildman–Crippen MR) is 118 cm³/mol. The molecule has 1 N–H and O–H groups in total. The predicted octanol–water partition coefficient (Wildman–Crippen LogP) is 4.46. The molecule has 0 spiro atoms. The third kappa shape index (κ3) is 5.72. The van der Waals surface area contributed by atoms with E-state index in [1.807, 2.05) is 13.8 Å². The van der Waals surface area contributed by atoms with E-state index in [4.69, 9.17) is 13.9 Å². The van der Waals surface area contributed by atoms with Crippen molar-refractivity contribution >= 4 is 28.5 Å². The Hall–Kier alpha value is -3.61. The molecule has 7 nitrogen and oxygen atoms in total. The molecule has 0 radical (unpaired) electrons. The van der Waals surface area contributed by atoms with Gasteiger partial charge in [0.05, 0.1) is 12.2 Å². The van der Waals surface area contributed by atoms with Crippen LogP contribution in [-0.4, -0.2) is 24.6 Å². The van der Waals surface area contributed by atoms with Crippen molar-refractivity contribution in [1.82, 2.24) is 0 Å². The van der Waals surface area contributed by atoms with Crippen LogP contribution in [0.3, 0.4) is 0 Å². The summed E-state index contributed by atoms with van der Waals surface area (Å²) in [5.41, 5.74) is 1.72. The highest BCUT2D eigenvalue weighted by Gasteiger charge is 2.16. The van der Waals surface area contributed by atoms with E-state index in [0.29, 0.717) is 29.2 Å². The van der Waals surface area contributed by atoms with Gasteiger partial charge in [-0.25, -0.2) is 9.59 Å². The van der Waals surface area contributed by atoms with Gasteiger partial charge in [0.25, 0.3) is 5.91 Å². The van der Waals surface area contributed by atoms with Crippen molar-refractivity contribution in [3.8, 4) is 5.75 Å². The van der Waals surface area contributed by atoms with Gasteiger partial charge in [0.2, 0.25) is 0 Å². The number of hydrogen-bond donors (Lipinski definition) is 1. The van der Waals surface area contributed by atoms with Crippen molar-refractivity contribution in [2.45, 2.75) is 39.7 Å². The van der Waals surface area contributed by atoms with E-state index in [9.17, 15) is 14.4 Å². The molecule has 0 unspecified atom stereocenters. The molecule has 1 aromatic heterocycles. The summed E-state index contributed by atoms with van der Waals surface area (Å²) < 4.78 is 16.1. The van der Waals surface area contributed by atoms with E-state index in [1.54, 1.807) is 49.4 Å². The molecule has 0 aliphatic heterocycles. The van der Waals surface area contributed by atoms with Crippen molar-refractivity contribution < 1.29 is 23.5 Å². The quantitative estimate of drug-likeness (QED) is 0.326. The maximum absolute atomic E-state index is 12.5. The van der Waals surface area contributed by atoms with Crippen LogP contribution in [-0.2, 0) is 9.53 Å². The lowest BCUT2D eigenvalue weighted by Gasteiger charge is -2.15. The number of unbranched alkanes of at least 4 members (excludes halogenated alkanes) is 1. The van der Waals surface area contributed by atoms with E-state index in [-0.39, 0.29) is 11.9 Å². The van der Waals surface area contributed by atoms with Gasteiger partial charge in [-0.05, 0) is 62.2 Å². The number of carbonyl (C=O) groups excluding carboxylic acids is 2. The smallest absolute Gasteiger partial charge is 0.338 e. The average Bonchev–Trinajstić information content (AvgIpc) is 2.74. The molecule has 31 heavy (non-hydrogen) atoms. The number of fused-ring (bicyclic) bond motifs is 1. The Morgan fingerprint density at radius 1 is 1.10 bits per heavy atom. The van der Waals surface area contributed by atoms with Crippen LogP contribution in [0.25, 0.3) is 11.0 Å². The molecule has 0 bridgehead atoms. The molecule has 1 atom stereocenters. The van der Waals surface area contributed by atoms with E-state index < -0.39 is 11.7 Å². The van der Waals surface area contributed by atoms with Crippen LogP contribution >= 0.6 is 0 Å². The number of hydrogen-bond acceptors (Lipinski definition) is 6. The van der Waals surface area contributed by atoms with Crippen LogP contribution in [0.2, 0.25) is 0 Å². The van der Waals surface area contributed by atoms with Crippen molar-refractivity contribution in [3.63, 3.8) is 0 Å². The maximum Gasteiger partial charge on any atom is 0.338 e. The lowest BCUT2D eigenvalue weighted by molar-refractivity contribution is -0.122. The molecule has 162 valence electrons. The summed E-state index contributed by atoms with van der Waals surface area (Å²) in [7, 11) is 0. The summed E-state index contributed by atoms with van der Waals surface area (Å²) in [6, 6.07) is 13.0. The van der Waals surface area contributed by atoms with Crippen LogP contribution in [0.5, 0.6) is 5.75 Å². The topological polar surface area (TPSA) is 94.8 Å². The lowest BCUT2D eigenvalue weighted by Crippen LogP contribution is -2.30. The molecule has 1 amide bonds. The molecular formula is C24H25NO6. The lowest BCUT2D eigenvalue weighted by atomic mass is 10.1. The Kier molecular flexibility index (Phi) is 7.07. The fraction of sp³-hybridized carbons (Fsp3) is 0.292. The minimum Gasteiger partial charge on any atom is -0.481 e. The van der Waals surface area contributed by atoms with Gasteiger partial charge in [0.15, 0.2) is 6.10 Å². The van der Waals surface area contributed by atoms with E-state index in [0.717, 1.165) is 23.8 Å². The van der Waals surface area contributed by atoms with Crippen LogP contribution in [0.4, 0.5) is 5.69 Å². The van der Waals surface area contributed by atoms with Gasteiger partial charge in [0, 0.05) is 23.2 Å². The minimum atomic E-state index is -0.798. The average molecular weight is 423 g/mol. The summed E-state index contributed by atoms with van der Waals surface area (Å²) in [5.74, 6) is -0.334. The second-order valence-electron chi connectivity index (χ2n) is 7.22. The number of anilines is 1. The Morgan fingerprint density at radius 3 is 2.55 bits per heavy atom. The summed E-state index contributed by atoms with van der Waals surface area (Å²) in [6.07, 6.45) is 0.972. The first-order chi connectivity index (χ1) is 14.9.